The largest absolute Gasteiger partial charge is 0.486 e. The van der Waals surface area contributed by atoms with Crippen molar-refractivity contribution in [3.05, 3.63) is 65.0 Å². The molecule has 162 valence electrons. The molecule has 1 N–H and O–H groups in total. The number of hydrogen-bond acceptors (Lipinski definition) is 6. The van der Waals surface area contributed by atoms with Gasteiger partial charge in [0.15, 0.2) is 16.8 Å². The number of aryl methyl sites for hydroxylation is 2. The van der Waals surface area contributed by atoms with E-state index in [1.165, 1.54) is 18.7 Å². The fraction of sp³-hybridized carbons (Fsp3) is 0.304. The van der Waals surface area contributed by atoms with Crippen molar-refractivity contribution in [3.8, 4) is 5.75 Å². The molecule has 2 aromatic carbocycles. The first-order valence-electron chi connectivity index (χ1n) is 10.0. The van der Waals surface area contributed by atoms with Crippen LogP contribution in [0.3, 0.4) is 0 Å². The number of carbonyl (C=O) groups excluding carboxylic acids is 2. The number of ether oxygens (including phenoxy) is 1. The van der Waals surface area contributed by atoms with E-state index in [9.17, 15) is 9.59 Å². The van der Waals surface area contributed by atoms with Crippen molar-refractivity contribution in [1.29, 1.82) is 0 Å². The number of thioether (sulfide) groups is 1. The fourth-order valence-corrected chi connectivity index (χ4v) is 3.95. The number of aromatic nitrogens is 3. The summed E-state index contributed by atoms with van der Waals surface area (Å²) in [4.78, 5) is 23.6. The number of hydrogen-bond donors (Lipinski definition) is 1. The summed E-state index contributed by atoms with van der Waals surface area (Å²) in [6, 6.07) is 12.9. The second-order valence-electron chi connectivity index (χ2n) is 7.23. The van der Waals surface area contributed by atoms with Gasteiger partial charge in [-0.3, -0.25) is 9.59 Å². The predicted octanol–water partition coefficient (Wildman–Crippen LogP) is 4.43. The molecule has 0 aliphatic carbocycles. The summed E-state index contributed by atoms with van der Waals surface area (Å²) >= 11 is 1.32. The molecule has 8 heteroatoms. The SMILES string of the molecule is CCn1c(COc2cc(C)cc(C)c2)nnc1SCC(=O)Nc1ccc(C(C)=O)cc1. The van der Waals surface area contributed by atoms with Gasteiger partial charge in [0.1, 0.15) is 12.4 Å². The van der Waals surface area contributed by atoms with Crippen molar-refractivity contribution in [2.75, 3.05) is 11.1 Å². The van der Waals surface area contributed by atoms with E-state index < -0.39 is 0 Å². The van der Waals surface area contributed by atoms with Gasteiger partial charge in [0.25, 0.3) is 0 Å². The molecule has 0 bridgehead atoms. The Kier molecular flexibility index (Phi) is 7.46. The molecule has 3 rings (SSSR count). The van der Waals surface area contributed by atoms with Crippen LogP contribution in [0.5, 0.6) is 5.75 Å². The van der Waals surface area contributed by atoms with Gasteiger partial charge >= 0.3 is 0 Å². The summed E-state index contributed by atoms with van der Waals surface area (Å²) in [5.74, 6) is 1.55. The molecule has 0 aliphatic rings. The van der Waals surface area contributed by atoms with Gasteiger partial charge in [0.05, 0.1) is 5.75 Å². The summed E-state index contributed by atoms with van der Waals surface area (Å²) < 4.78 is 7.85. The van der Waals surface area contributed by atoms with Crippen LogP contribution in [0.25, 0.3) is 0 Å². The highest BCUT2D eigenvalue weighted by Crippen LogP contribution is 2.21. The van der Waals surface area contributed by atoms with Crippen molar-refractivity contribution in [1.82, 2.24) is 14.8 Å². The second kappa shape index (κ2) is 10.3. The van der Waals surface area contributed by atoms with Gasteiger partial charge in [-0.1, -0.05) is 17.8 Å². The average Bonchev–Trinajstić information content (AvgIpc) is 3.12. The smallest absolute Gasteiger partial charge is 0.234 e. The van der Waals surface area contributed by atoms with E-state index in [2.05, 4.69) is 21.6 Å². The van der Waals surface area contributed by atoms with E-state index in [0.717, 1.165) is 16.9 Å². The quantitative estimate of drug-likeness (QED) is 0.393. The normalized spacial score (nSPS) is 10.7. The number of nitrogens with one attached hydrogen (secondary N) is 1. The Morgan fingerprint density at radius 1 is 1.06 bits per heavy atom. The summed E-state index contributed by atoms with van der Waals surface area (Å²) in [6.45, 7) is 8.56. The molecule has 1 amide bonds. The van der Waals surface area contributed by atoms with Gasteiger partial charge in [0, 0.05) is 17.8 Å². The lowest BCUT2D eigenvalue weighted by Gasteiger charge is -2.10. The highest BCUT2D eigenvalue weighted by molar-refractivity contribution is 7.99. The maximum atomic E-state index is 12.3. The molecule has 31 heavy (non-hydrogen) atoms. The molecule has 0 spiro atoms. The number of amides is 1. The number of ketones is 1. The zero-order chi connectivity index (χ0) is 22.4. The third-order valence-corrected chi connectivity index (χ3v) is 5.55. The van der Waals surface area contributed by atoms with E-state index in [1.807, 2.05) is 37.5 Å². The molecule has 0 saturated heterocycles. The maximum Gasteiger partial charge on any atom is 0.234 e. The molecule has 3 aromatic rings. The Balaban J connectivity index is 1.57. The number of carbonyl (C=O) groups is 2. The minimum Gasteiger partial charge on any atom is -0.486 e. The van der Waals surface area contributed by atoms with Crippen LogP contribution in [0.1, 0.15) is 41.2 Å². The molecule has 0 radical (unpaired) electrons. The van der Waals surface area contributed by atoms with Crippen molar-refractivity contribution in [2.24, 2.45) is 0 Å². The number of Topliss-reactive ketones (excluding diaryl/α,β-unsaturated/α-hetero) is 1. The lowest BCUT2D eigenvalue weighted by Crippen LogP contribution is -2.15. The fourth-order valence-electron chi connectivity index (χ4n) is 3.13. The van der Waals surface area contributed by atoms with Gasteiger partial charge in [-0.25, -0.2) is 0 Å². The Labute approximate surface area is 186 Å². The van der Waals surface area contributed by atoms with E-state index in [0.29, 0.717) is 35.4 Å². The van der Waals surface area contributed by atoms with Crippen LogP contribution in [0.15, 0.2) is 47.6 Å². The monoisotopic (exact) mass is 438 g/mol. The van der Waals surface area contributed by atoms with Gasteiger partial charge in [-0.05, 0) is 75.2 Å². The molecule has 0 fully saturated rings. The molecular formula is C23H26N4O3S. The molecule has 0 aliphatic heterocycles. The minimum absolute atomic E-state index is 0.00958. The number of anilines is 1. The Morgan fingerprint density at radius 3 is 2.35 bits per heavy atom. The highest BCUT2D eigenvalue weighted by Gasteiger charge is 2.14. The molecule has 0 atom stereocenters. The summed E-state index contributed by atoms with van der Waals surface area (Å²) in [6.07, 6.45) is 0. The van der Waals surface area contributed by atoms with Crippen molar-refractivity contribution >= 4 is 29.1 Å². The lowest BCUT2D eigenvalue weighted by atomic mass is 10.1. The Bertz CT molecular complexity index is 1060. The predicted molar refractivity (Wildman–Crippen MR) is 122 cm³/mol. The zero-order valence-corrected chi connectivity index (χ0v) is 19.0. The number of benzene rings is 2. The van der Waals surface area contributed by atoms with Crippen LogP contribution in [-0.4, -0.2) is 32.2 Å². The molecule has 0 saturated carbocycles. The Morgan fingerprint density at radius 2 is 1.74 bits per heavy atom. The van der Waals surface area contributed by atoms with Gasteiger partial charge < -0.3 is 14.6 Å². The maximum absolute atomic E-state index is 12.3. The van der Waals surface area contributed by atoms with Gasteiger partial charge in [0.2, 0.25) is 5.91 Å². The first-order valence-corrected chi connectivity index (χ1v) is 11.0. The summed E-state index contributed by atoms with van der Waals surface area (Å²) in [5, 5.41) is 12.0. The first-order chi connectivity index (χ1) is 14.9. The van der Waals surface area contributed by atoms with Crippen LogP contribution in [0.2, 0.25) is 0 Å². The van der Waals surface area contributed by atoms with E-state index in [1.54, 1.807) is 24.3 Å². The lowest BCUT2D eigenvalue weighted by molar-refractivity contribution is -0.113. The zero-order valence-electron chi connectivity index (χ0n) is 18.1. The molecule has 1 aromatic heterocycles. The third-order valence-electron chi connectivity index (χ3n) is 4.58. The first kappa shape index (κ1) is 22.6. The molecule has 7 nitrogen and oxygen atoms in total. The van der Waals surface area contributed by atoms with E-state index in [4.69, 9.17) is 4.74 Å². The average molecular weight is 439 g/mol. The van der Waals surface area contributed by atoms with Crippen LogP contribution in [0.4, 0.5) is 5.69 Å². The van der Waals surface area contributed by atoms with Crippen LogP contribution >= 0.6 is 11.8 Å². The van der Waals surface area contributed by atoms with Crippen LogP contribution in [0, 0.1) is 13.8 Å². The van der Waals surface area contributed by atoms with Crippen molar-refractivity contribution in [3.63, 3.8) is 0 Å². The van der Waals surface area contributed by atoms with Crippen molar-refractivity contribution in [2.45, 2.75) is 46.0 Å². The van der Waals surface area contributed by atoms with Crippen molar-refractivity contribution < 1.29 is 14.3 Å². The minimum atomic E-state index is -0.153. The topological polar surface area (TPSA) is 86.1 Å². The molecule has 1 heterocycles. The van der Waals surface area contributed by atoms with E-state index >= 15 is 0 Å². The number of nitrogens with zero attached hydrogens (tertiary/aromatic N) is 3. The molecule has 0 unspecified atom stereocenters. The number of rotatable bonds is 9. The third kappa shape index (κ3) is 6.18. The standard InChI is InChI=1S/C23H26N4O3S/c1-5-27-21(13-30-20-11-15(2)10-16(3)12-20)25-26-23(27)31-14-22(29)24-19-8-6-18(7-9-19)17(4)28/h6-12H,5,13-14H2,1-4H3,(H,24,29). The van der Waals surface area contributed by atoms with Gasteiger partial charge in [-0.15, -0.1) is 10.2 Å². The highest BCUT2D eigenvalue weighted by atomic mass is 32.2. The molecular weight excluding hydrogens is 412 g/mol. The Hall–Kier alpha value is -3.13. The van der Waals surface area contributed by atoms with Crippen LogP contribution in [-0.2, 0) is 17.9 Å². The second-order valence-corrected chi connectivity index (χ2v) is 8.17. The summed E-state index contributed by atoms with van der Waals surface area (Å²) in [5.41, 5.74) is 3.55. The van der Waals surface area contributed by atoms with Gasteiger partial charge in [-0.2, -0.15) is 0 Å². The summed E-state index contributed by atoms with van der Waals surface area (Å²) in [7, 11) is 0. The van der Waals surface area contributed by atoms with E-state index in [-0.39, 0.29) is 17.4 Å². The van der Waals surface area contributed by atoms with Crippen LogP contribution < -0.4 is 10.1 Å².